The minimum Gasteiger partial charge on any atom is -0.493 e. The van der Waals surface area contributed by atoms with E-state index in [0.29, 0.717) is 12.2 Å². The van der Waals surface area contributed by atoms with Crippen LogP contribution in [0.2, 0.25) is 0 Å². The number of ether oxygens (including phenoxy) is 2. The average Bonchev–Trinajstić information content (AvgIpc) is 3.25. The Hall–Kier alpha value is -2.50. The molecule has 0 radical (unpaired) electrons. The van der Waals surface area contributed by atoms with E-state index in [-0.39, 0.29) is 17.9 Å². The Morgan fingerprint density at radius 3 is 2.83 bits per heavy atom. The van der Waals surface area contributed by atoms with Crippen molar-refractivity contribution in [2.24, 2.45) is 0 Å². The van der Waals surface area contributed by atoms with Crippen molar-refractivity contribution in [3.05, 3.63) is 35.5 Å². The molecular formula is C18H21N3O3. The van der Waals surface area contributed by atoms with E-state index in [2.05, 4.69) is 15.5 Å². The van der Waals surface area contributed by atoms with Crippen LogP contribution < -0.4 is 14.8 Å². The monoisotopic (exact) mass is 327 g/mol. The van der Waals surface area contributed by atoms with E-state index in [9.17, 15) is 4.79 Å². The summed E-state index contributed by atoms with van der Waals surface area (Å²) in [6, 6.07) is 5.95. The second-order valence-electron chi connectivity index (χ2n) is 6.44. The number of aromatic nitrogens is 2. The van der Waals surface area contributed by atoms with Crippen molar-refractivity contribution in [1.82, 2.24) is 10.2 Å². The molecule has 1 aromatic heterocycles. The van der Waals surface area contributed by atoms with Gasteiger partial charge in [0.05, 0.1) is 19.4 Å². The Kier molecular flexibility index (Phi) is 3.88. The fourth-order valence-corrected chi connectivity index (χ4v) is 3.63. The van der Waals surface area contributed by atoms with Gasteiger partial charge in [0.1, 0.15) is 5.82 Å². The van der Waals surface area contributed by atoms with Gasteiger partial charge in [-0.1, -0.05) is 6.07 Å². The van der Waals surface area contributed by atoms with Crippen molar-refractivity contribution in [3.63, 3.8) is 0 Å². The lowest BCUT2D eigenvalue weighted by molar-refractivity contribution is -0.116. The molecule has 4 rings (SSSR count). The van der Waals surface area contributed by atoms with Crippen molar-refractivity contribution in [2.75, 3.05) is 12.4 Å². The maximum atomic E-state index is 11.9. The number of aromatic amines is 1. The summed E-state index contributed by atoms with van der Waals surface area (Å²) in [5.74, 6) is 2.14. The zero-order valence-electron chi connectivity index (χ0n) is 13.7. The first-order valence-corrected chi connectivity index (χ1v) is 8.42. The highest BCUT2D eigenvalue weighted by Crippen LogP contribution is 2.40. The molecule has 24 heavy (non-hydrogen) atoms. The van der Waals surface area contributed by atoms with Gasteiger partial charge < -0.3 is 14.8 Å². The largest absolute Gasteiger partial charge is 0.493 e. The Morgan fingerprint density at radius 2 is 2.04 bits per heavy atom. The molecule has 1 aliphatic heterocycles. The average molecular weight is 327 g/mol. The van der Waals surface area contributed by atoms with Crippen molar-refractivity contribution in [3.8, 4) is 11.5 Å². The summed E-state index contributed by atoms with van der Waals surface area (Å²) in [6.07, 6.45) is 7.12. The Labute approximate surface area is 140 Å². The zero-order chi connectivity index (χ0) is 16.5. The highest BCUT2D eigenvalue weighted by atomic mass is 16.5. The summed E-state index contributed by atoms with van der Waals surface area (Å²) in [7, 11) is 1.65. The molecule has 2 aliphatic rings. The smallest absolute Gasteiger partial charge is 0.226 e. The lowest BCUT2D eigenvalue weighted by Crippen LogP contribution is -2.23. The van der Waals surface area contributed by atoms with Gasteiger partial charge in [0, 0.05) is 17.9 Å². The maximum Gasteiger partial charge on any atom is 0.226 e. The Morgan fingerprint density at radius 1 is 1.21 bits per heavy atom. The molecule has 2 heterocycles. The quantitative estimate of drug-likeness (QED) is 0.904. The molecule has 0 saturated heterocycles. The zero-order valence-corrected chi connectivity index (χ0v) is 13.7. The summed E-state index contributed by atoms with van der Waals surface area (Å²) >= 11 is 0. The van der Waals surface area contributed by atoms with Crippen LogP contribution >= 0.6 is 0 Å². The SMILES string of the molecule is COc1cc([C@H]2CC(=O)Nc3[nH]ncc32)ccc1OC1CCCC1. The van der Waals surface area contributed by atoms with E-state index >= 15 is 0 Å². The van der Waals surface area contributed by atoms with Crippen LogP contribution in [0.25, 0.3) is 0 Å². The summed E-state index contributed by atoms with van der Waals surface area (Å²) in [6.45, 7) is 0. The van der Waals surface area contributed by atoms with E-state index in [1.54, 1.807) is 13.3 Å². The van der Waals surface area contributed by atoms with Gasteiger partial charge in [0.25, 0.3) is 0 Å². The molecule has 1 aliphatic carbocycles. The normalized spacial score (nSPS) is 20.5. The Bertz CT molecular complexity index is 750. The van der Waals surface area contributed by atoms with Crippen molar-refractivity contribution < 1.29 is 14.3 Å². The van der Waals surface area contributed by atoms with E-state index in [1.165, 1.54) is 12.8 Å². The van der Waals surface area contributed by atoms with E-state index in [4.69, 9.17) is 9.47 Å². The number of fused-ring (bicyclic) bond motifs is 1. The van der Waals surface area contributed by atoms with E-state index in [0.717, 1.165) is 35.5 Å². The number of hydrogen-bond donors (Lipinski definition) is 2. The third kappa shape index (κ3) is 2.72. The van der Waals surface area contributed by atoms with Crippen LogP contribution in [0.5, 0.6) is 11.5 Å². The number of H-pyrrole nitrogens is 1. The molecule has 6 heteroatoms. The number of methoxy groups -OCH3 is 1. The molecule has 1 aromatic carbocycles. The second kappa shape index (κ2) is 6.19. The van der Waals surface area contributed by atoms with Crippen molar-refractivity contribution in [2.45, 2.75) is 44.1 Å². The van der Waals surface area contributed by atoms with Crippen LogP contribution in [0, 0.1) is 0 Å². The molecule has 6 nitrogen and oxygen atoms in total. The van der Waals surface area contributed by atoms with Crippen LogP contribution in [0.3, 0.4) is 0 Å². The number of rotatable bonds is 4. The summed E-state index contributed by atoms with van der Waals surface area (Å²) in [5.41, 5.74) is 2.03. The number of anilines is 1. The first-order chi connectivity index (χ1) is 11.7. The fourth-order valence-electron chi connectivity index (χ4n) is 3.63. The molecule has 1 amide bonds. The number of carbonyl (C=O) groups is 1. The highest BCUT2D eigenvalue weighted by molar-refractivity contribution is 5.94. The van der Waals surface area contributed by atoms with E-state index in [1.807, 2.05) is 18.2 Å². The number of amides is 1. The number of hydrogen-bond acceptors (Lipinski definition) is 4. The third-order valence-electron chi connectivity index (χ3n) is 4.88. The fraction of sp³-hybridized carbons (Fsp3) is 0.444. The number of benzene rings is 1. The molecule has 0 bridgehead atoms. The molecule has 1 atom stereocenters. The van der Waals surface area contributed by atoms with Gasteiger partial charge in [-0.25, -0.2) is 0 Å². The predicted octanol–water partition coefficient (Wildman–Crippen LogP) is 3.21. The van der Waals surface area contributed by atoms with Crippen molar-refractivity contribution in [1.29, 1.82) is 0 Å². The lowest BCUT2D eigenvalue weighted by atomic mass is 9.87. The van der Waals surface area contributed by atoms with E-state index < -0.39 is 0 Å². The standard InChI is InChI=1S/C18H21N3O3/c1-23-16-8-11(6-7-15(16)24-12-4-2-3-5-12)13-9-17(22)20-18-14(13)10-19-21-18/h6-8,10,12-13H,2-5,9H2,1H3,(H2,19,20,21,22)/t13-/m1/s1. The molecule has 0 unspecified atom stereocenters. The topological polar surface area (TPSA) is 76.2 Å². The molecule has 1 fully saturated rings. The molecular weight excluding hydrogens is 306 g/mol. The number of nitrogens with zero attached hydrogens (tertiary/aromatic N) is 1. The first-order valence-electron chi connectivity index (χ1n) is 8.42. The summed E-state index contributed by atoms with van der Waals surface area (Å²) in [5, 5.41) is 9.70. The van der Waals surface area contributed by atoms with Crippen LogP contribution in [0.15, 0.2) is 24.4 Å². The summed E-state index contributed by atoms with van der Waals surface area (Å²) in [4.78, 5) is 11.9. The van der Waals surface area contributed by atoms with Gasteiger partial charge in [-0.15, -0.1) is 0 Å². The van der Waals surface area contributed by atoms with Crippen LogP contribution in [0.4, 0.5) is 5.82 Å². The van der Waals surface area contributed by atoms with Gasteiger partial charge in [-0.3, -0.25) is 9.89 Å². The van der Waals surface area contributed by atoms with Gasteiger partial charge in [0.15, 0.2) is 11.5 Å². The minimum atomic E-state index is -0.0260. The van der Waals surface area contributed by atoms with Crippen LogP contribution in [-0.2, 0) is 4.79 Å². The molecule has 126 valence electrons. The van der Waals surface area contributed by atoms with Crippen LogP contribution in [0.1, 0.15) is 49.1 Å². The summed E-state index contributed by atoms with van der Waals surface area (Å²) < 4.78 is 11.6. The highest BCUT2D eigenvalue weighted by Gasteiger charge is 2.29. The first kappa shape index (κ1) is 15.1. The van der Waals surface area contributed by atoms with Crippen molar-refractivity contribution >= 4 is 11.7 Å². The van der Waals surface area contributed by atoms with Crippen LogP contribution in [-0.4, -0.2) is 29.3 Å². The second-order valence-corrected chi connectivity index (χ2v) is 6.44. The predicted molar refractivity (Wildman–Crippen MR) is 89.6 cm³/mol. The van der Waals surface area contributed by atoms with Gasteiger partial charge in [0.2, 0.25) is 5.91 Å². The third-order valence-corrected chi connectivity index (χ3v) is 4.88. The number of carbonyl (C=O) groups excluding carboxylic acids is 1. The minimum absolute atomic E-state index is 0.0120. The number of nitrogens with one attached hydrogen (secondary N) is 2. The molecule has 0 spiro atoms. The molecule has 2 aromatic rings. The lowest BCUT2D eigenvalue weighted by Gasteiger charge is -2.23. The maximum absolute atomic E-state index is 11.9. The van der Waals surface area contributed by atoms with Gasteiger partial charge in [-0.05, 0) is 43.4 Å². The Balaban J connectivity index is 1.63. The van der Waals surface area contributed by atoms with Gasteiger partial charge in [-0.2, -0.15) is 5.10 Å². The molecule has 1 saturated carbocycles. The van der Waals surface area contributed by atoms with Gasteiger partial charge >= 0.3 is 0 Å². The molecule has 2 N–H and O–H groups in total.